The zero-order valence-corrected chi connectivity index (χ0v) is 11.1. The lowest BCUT2D eigenvalue weighted by Gasteiger charge is -2.36. The fourth-order valence-electron chi connectivity index (χ4n) is 2.21. The van der Waals surface area contributed by atoms with Gasteiger partial charge in [-0.2, -0.15) is 0 Å². The van der Waals surface area contributed by atoms with Gasteiger partial charge in [0, 0.05) is 19.2 Å². The lowest BCUT2D eigenvalue weighted by atomic mass is 9.87. The standard InChI is InChI=1S/C12H17BrN2O/c1-16-12(5-7-14-8-6-12)9-10-3-2-4-11(13)15-10/h2-4,14H,5-9H2,1H3. The number of halogens is 1. The molecule has 3 nitrogen and oxygen atoms in total. The van der Waals surface area contributed by atoms with E-state index in [0.29, 0.717) is 0 Å². The Morgan fingerprint density at radius 2 is 2.19 bits per heavy atom. The second-order valence-corrected chi connectivity index (χ2v) is 5.08. The summed E-state index contributed by atoms with van der Waals surface area (Å²) in [6.45, 7) is 2.06. The van der Waals surface area contributed by atoms with Crippen molar-refractivity contribution in [2.45, 2.75) is 24.9 Å². The van der Waals surface area contributed by atoms with Crippen LogP contribution in [0.4, 0.5) is 0 Å². The molecule has 1 aliphatic heterocycles. The molecule has 1 fully saturated rings. The third-order valence-corrected chi connectivity index (χ3v) is 3.67. The molecule has 0 unspecified atom stereocenters. The molecular weight excluding hydrogens is 268 g/mol. The van der Waals surface area contributed by atoms with Crippen LogP contribution in [0.1, 0.15) is 18.5 Å². The number of hydrogen-bond donors (Lipinski definition) is 1. The maximum Gasteiger partial charge on any atom is 0.106 e. The highest BCUT2D eigenvalue weighted by Gasteiger charge is 2.32. The molecule has 1 aliphatic rings. The van der Waals surface area contributed by atoms with Crippen LogP contribution in [-0.2, 0) is 11.2 Å². The molecule has 0 radical (unpaired) electrons. The number of hydrogen-bond acceptors (Lipinski definition) is 3. The van der Waals surface area contributed by atoms with E-state index in [1.54, 1.807) is 0 Å². The number of piperidine rings is 1. The van der Waals surface area contributed by atoms with Crippen molar-refractivity contribution >= 4 is 15.9 Å². The van der Waals surface area contributed by atoms with E-state index in [2.05, 4.69) is 32.3 Å². The van der Waals surface area contributed by atoms with Gasteiger partial charge in [0.1, 0.15) is 4.60 Å². The molecule has 0 bridgehead atoms. The highest BCUT2D eigenvalue weighted by molar-refractivity contribution is 9.10. The third-order valence-electron chi connectivity index (χ3n) is 3.22. The van der Waals surface area contributed by atoms with E-state index in [1.807, 2.05) is 19.2 Å². The van der Waals surface area contributed by atoms with Gasteiger partial charge >= 0.3 is 0 Å². The minimum Gasteiger partial charge on any atom is -0.378 e. The Balaban J connectivity index is 2.11. The third kappa shape index (κ3) is 2.81. The quantitative estimate of drug-likeness (QED) is 0.864. The van der Waals surface area contributed by atoms with Crippen molar-refractivity contribution in [2.75, 3.05) is 20.2 Å². The van der Waals surface area contributed by atoms with Crippen LogP contribution in [0, 0.1) is 0 Å². The average molecular weight is 285 g/mol. The van der Waals surface area contributed by atoms with Crippen LogP contribution >= 0.6 is 15.9 Å². The Morgan fingerprint density at radius 1 is 1.44 bits per heavy atom. The van der Waals surface area contributed by atoms with Crippen molar-refractivity contribution in [3.63, 3.8) is 0 Å². The number of nitrogens with one attached hydrogen (secondary N) is 1. The predicted octanol–water partition coefficient (Wildman–Crippen LogP) is 2.16. The molecule has 1 aromatic heterocycles. The van der Waals surface area contributed by atoms with Crippen LogP contribution in [0.5, 0.6) is 0 Å². The van der Waals surface area contributed by atoms with Crippen molar-refractivity contribution in [3.8, 4) is 0 Å². The summed E-state index contributed by atoms with van der Waals surface area (Å²) in [7, 11) is 1.81. The molecule has 1 saturated heterocycles. The van der Waals surface area contributed by atoms with Crippen LogP contribution in [0.15, 0.2) is 22.8 Å². The molecular formula is C12H17BrN2O. The van der Waals surface area contributed by atoms with Crippen LogP contribution < -0.4 is 5.32 Å². The van der Waals surface area contributed by atoms with Crippen molar-refractivity contribution < 1.29 is 4.74 Å². The fraction of sp³-hybridized carbons (Fsp3) is 0.583. The van der Waals surface area contributed by atoms with Crippen LogP contribution in [0.2, 0.25) is 0 Å². The second kappa shape index (κ2) is 5.25. The SMILES string of the molecule is COC1(Cc2cccc(Br)n2)CCNCC1. The van der Waals surface area contributed by atoms with Gasteiger partial charge in [-0.1, -0.05) is 6.07 Å². The Bertz CT molecular complexity index is 351. The summed E-state index contributed by atoms with van der Waals surface area (Å²) < 4.78 is 6.62. The molecule has 1 N–H and O–H groups in total. The van der Waals surface area contributed by atoms with Crippen LogP contribution in [0.3, 0.4) is 0 Å². The maximum atomic E-state index is 5.73. The number of methoxy groups -OCH3 is 1. The molecule has 0 aliphatic carbocycles. The van der Waals surface area contributed by atoms with E-state index >= 15 is 0 Å². The Hall–Kier alpha value is -0.450. The van der Waals surface area contributed by atoms with Gasteiger partial charge in [-0.25, -0.2) is 4.98 Å². The summed E-state index contributed by atoms with van der Waals surface area (Å²) in [6, 6.07) is 6.04. The largest absolute Gasteiger partial charge is 0.378 e. The molecule has 0 saturated carbocycles. The molecule has 1 aromatic rings. The first kappa shape index (κ1) is 12.0. The Morgan fingerprint density at radius 3 is 2.81 bits per heavy atom. The van der Waals surface area contributed by atoms with Gasteiger partial charge < -0.3 is 10.1 Å². The summed E-state index contributed by atoms with van der Waals surface area (Å²) in [5, 5.41) is 3.36. The highest BCUT2D eigenvalue weighted by atomic mass is 79.9. The number of nitrogens with zero attached hydrogens (tertiary/aromatic N) is 1. The summed E-state index contributed by atoms with van der Waals surface area (Å²) in [5.41, 5.74) is 1.07. The Kier molecular flexibility index (Phi) is 3.95. The topological polar surface area (TPSA) is 34.1 Å². The summed E-state index contributed by atoms with van der Waals surface area (Å²) in [5.74, 6) is 0. The molecule has 0 spiro atoms. The zero-order valence-electron chi connectivity index (χ0n) is 9.50. The molecule has 0 amide bonds. The molecule has 0 aromatic carbocycles. The maximum absolute atomic E-state index is 5.73. The Labute approximate surface area is 105 Å². The smallest absolute Gasteiger partial charge is 0.106 e. The van der Waals surface area contributed by atoms with E-state index in [1.165, 1.54) is 0 Å². The van der Waals surface area contributed by atoms with Crippen LogP contribution in [-0.4, -0.2) is 30.8 Å². The fourth-order valence-corrected chi connectivity index (χ4v) is 2.59. The van der Waals surface area contributed by atoms with Crippen molar-refractivity contribution in [2.24, 2.45) is 0 Å². The normalized spacial score (nSPS) is 19.6. The summed E-state index contributed by atoms with van der Waals surface area (Å²) in [6.07, 6.45) is 3.00. The van der Waals surface area contributed by atoms with Gasteiger partial charge in [-0.05, 0) is 54.0 Å². The number of ether oxygens (including phenoxy) is 1. The summed E-state index contributed by atoms with van der Waals surface area (Å²) >= 11 is 3.40. The van der Waals surface area contributed by atoms with Crippen molar-refractivity contribution in [3.05, 3.63) is 28.5 Å². The van der Waals surface area contributed by atoms with Gasteiger partial charge in [0.05, 0.1) is 5.60 Å². The average Bonchev–Trinajstić information content (AvgIpc) is 2.30. The van der Waals surface area contributed by atoms with Crippen molar-refractivity contribution in [1.82, 2.24) is 10.3 Å². The van der Waals surface area contributed by atoms with E-state index in [-0.39, 0.29) is 5.60 Å². The first-order valence-corrected chi connectivity index (χ1v) is 6.41. The van der Waals surface area contributed by atoms with Gasteiger partial charge in [-0.15, -0.1) is 0 Å². The van der Waals surface area contributed by atoms with Gasteiger partial charge in [-0.3, -0.25) is 0 Å². The van der Waals surface area contributed by atoms with E-state index in [9.17, 15) is 0 Å². The van der Waals surface area contributed by atoms with Crippen molar-refractivity contribution in [1.29, 1.82) is 0 Å². The molecule has 0 atom stereocenters. The second-order valence-electron chi connectivity index (χ2n) is 4.27. The first-order chi connectivity index (χ1) is 7.74. The van der Waals surface area contributed by atoms with Crippen LogP contribution in [0.25, 0.3) is 0 Å². The lowest BCUT2D eigenvalue weighted by Crippen LogP contribution is -2.45. The molecule has 2 heterocycles. The molecule has 2 rings (SSSR count). The number of rotatable bonds is 3. The monoisotopic (exact) mass is 284 g/mol. The first-order valence-electron chi connectivity index (χ1n) is 5.61. The van der Waals surface area contributed by atoms with Gasteiger partial charge in [0.15, 0.2) is 0 Å². The molecule has 4 heteroatoms. The molecule has 88 valence electrons. The van der Waals surface area contributed by atoms with Gasteiger partial charge in [0.25, 0.3) is 0 Å². The number of aromatic nitrogens is 1. The molecule has 16 heavy (non-hydrogen) atoms. The number of pyridine rings is 1. The zero-order chi connectivity index (χ0) is 11.4. The van der Waals surface area contributed by atoms with E-state index in [0.717, 1.165) is 42.6 Å². The minimum atomic E-state index is -0.0287. The summed E-state index contributed by atoms with van der Waals surface area (Å²) in [4.78, 5) is 4.48. The highest BCUT2D eigenvalue weighted by Crippen LogP contribution is 2.26. The van der Waals surface area contributed by atoms with Gasteiger partial charge in [0.2, 0.25) is 0 Å². The van der Waals surface area contributed by atoms with E-state index < -0.39 is 0 Å². The predicted molar refractivity (Wildman–Crippen MR) is 67.5 cm³/mol. The lowest BCUT2D eigenvalue weighted by molar-refractivity contribution is -0.0340. The van der Waals surface area contributed by atoms with E-state index in [4.69, 9.17) is 4.74 Å². The minimum absolute atomic E-state index is 0.0287.